The summed E-state index contributed by atoms with van der Waals surface area (Å²) in [5.41, 5.74) is 0. The van der Waals surface area contributed by atoms with Crippen LogP contribution in [0.15, 0.2) is 0 Å². The first kappa shape index (κ1) is 21.9. The Balaban J connectivity index is 2.57. The highest BCUT2D eigenvalue weighted by atomic mass is 28.4. The van der Waals surface area contributed by atoms with Crippen LogP contribution in [-0.2, 0) is 32.2 Å². The van der Waals surface area contributed by atoms with Gasteiger partial charge in [0.1, 0.15) is 0 Å². The summed E-state index contributed by atoms with van der Waals surface area (Å²) >= 11 is 0. The van der Waals surface area contributed by atoms with Crippen LogP contribution in [0.3, 0.4) is 0 Å². The summed E-state index contributed by atoms with van der Waals surface area (Å²) in [6, 6.07) is 0. The van der Waals surface area contributed by atoms with Crippen LogP contribution in [0.4, 0.5) is 0 Å². The number of hydrogen-bond acceptors (Lipinski definition) is 8. The fourth-order valence-corrected chi connectivity index (χ4v) is 2.99. The zero-order chi connectivity index (χ0) is 18.1. The molecule has 8 nitrogen and oxygen atoms in total. The van der Waals surface area contributed by atoms with Crippen molar-refractivity contribution in [2.45, 2.75) is 64.8 Å². The fourth-order valence-electron chi connectivity index (χ4n) is 2.19. The first-order valence-electron chi connectivity index (χ1n) is 8.54. The van der Waals surface area contributed by atoms with E-state index in [0.717, 1.165) is 6.42 Å². The number of rotatable bonds is 12. The molecular formula is C15H32O8Si. The predicted molar refractivity (Wildman–Crippen MR) is 87.8 cm³/mol. The zero-order valence-corrected chi connectivity index (χ0v) is 16.4. The minimum Gasteiger partial charge on any atom is -0.367 e. The summed E-state index contributed by atoms with van der Waals surface area (Å²) in [4.78, 5) is 9.95. The molecule has 2 unspecified atom stereocenters. The average Bonchev–Trinajstić information content (AvgIpc) is 2.64. The molecule has 24 heavy (non-hydrogen) atoms. The van der Waals surface area contributed by atoms with Gasteiger partial charge in [0.05, 0.1) is 25.9 Å². The highest BCUT2D eigenvalue weighted by molar-refractivity contribution is 6.51. The first-order valence-corrected chi connectivity index (χ1v) is 10.2. The van der Waals surface area contributed by atoms with Gasteiger partial charge in [-0.05, 0) is 19.3 Å². The molecule has 1 rings (SSSR count). The van der Waals surface area contributed by atoms with Crippen molar-refractivity contribution in [2.75, 3.05) is 34.0 Å². The molecular weight excluding hydrogens is 336 g/mol. The molecule has 0 aromatic heterocycles. The lowest BCUT2D eigenvalue weighted by molar-refractivity contribution is -0.437. The van der Waals surface area contributed by atoms with Gasteiger partial charge in [-0.2, -0.15) is 0 Å². The largest absolute Gasteiger partial charge is 0.676 e. The van der Waals surface area contributed by atoms with Crippen LogP contribution in [-0.4, -0.2) is 66.3 Å². The second kappa shape index (κ2) is 10.8. The summed E-state index contributed by atoms with van der Waals surface area (Å²) in [5.74, 6) is -1.05. The third kappa shape index (κ3) is 6.66. The van der Waals surface area contributed by atoms with Gasteiger partial charge < -0.3 is 32.3 Å². The van der Waals surface area contributed by atoms with Gasteiger partial charge in [-0.15, -0.1) is 0 Å². The third-order valence-electron chi connectivity index (χ3n) is 3.78. The lowest BCUT2D eigenvalue weighted by Crippen LogP contribution is -2.48. The minimum atomic E-state index is -3.57. The molecule has 144 valence electrons. The van der Waals surface area contributed by atoms with Gasteiger partial charge >= 0.3 is 9.05 Å². The van der Waals surface area contributed by atoms with Gasteiger partial charge in [0.25, 0.3) is 5.97 Å². The van der Waals surface area contributed by atoms with Crippen molar-refractivity contribution in [3.05, 3.63) is 0 Å². The molecule has 0 spiro atoms. The van der Waals surface area contributed by atoms with Crippen molar-refractivity contribution < 1.29 is 37.0 Å². The maximum atomic E-state index is 9.95. The summed E-state index contributed by atoms with van der Waals surface area (Å²) in [5, 5.41) is 0. The molecule has 9 heteroatoms. The first-order chi connectivity index (χ1) is 11.5. The molecule has 0 aromatic rings. The van der Waals surface area contributed by atoms with Crippen LogP contribution in [0.2, 0.25) is 0 Å². The Morgan fingerprint density at radius 2 is 1.71 bits per heavy atom. The van der Waals surface area contributed by atoms with Crippen LogP contribution >= 0.6 is 0 Å². The van der Waals surface area contributed by atoms with Crippen molar-refractivity contribution in [1.82, 2.24) is 0 Å². The molecule has 0 bridgehead atoms. The molecule has 0 amide bonds. The summed E-state index contributed by atoms with van der Waals surface area (Å²) in [6.45, 7) is 7.21. The average molecular weight is 368 g/mol. The summed E-state index contributed by atoms with van der Waals surface area (Å²) in [7, 11) is -0.881. The van der Waals surface area contributed by atoms with Gasteiger partial charge in [-0.1, -0.05) is 20.8 Å². The van der Waals surface area contributed by atoms with Crippen LogP contribution in [0, 0.1) is 0 Å². The summed E-state index contributed by atoms with van der Waals surface area (Å²) in [6.07, 6.45) is 1.94. The molecule has 0 radical (unpaired) electrons. The molecule has 1 N–H and O–H groups in total. The molecule has 1 fully saturated rings. The van der Waals surface area contributed by atoms with Gasteiger partial charge in [0.2, 0.25) is 0 Å². The predicted octanol–water partition coefficient (Wildman–Crippen LogP) is 1.77. The van der Waals surface area contributed by atoms with Crippen LogP contribution in [0.1, 0.15) is 46.5 Å². The third-order valence-corrected chi connectivity index (χ3v) is 5.34. The maximum absolute atomic E-state index is 9.95. The Morgan fingerprint density at radius 1 is 1.08 bits per heavy atom. The van der Waals surface area contributed by atoms with Crippen LogP contribution < -0.4 is 0 Å². The van der Waals surface area contributed by atoms with Crippen molar-refractivity contribution in [2.24, 2.45) is 0 Å². The molecule has 0 aromatic carbocycles. The maximum Gasteiger partial charge on any atom is 0.676 e. The topological polar surface area (TPSA) is 84.8 Å². The zero-order valence-electron chi connectivity index (χ0n) is 15.4. The molecule has 1 aliphatic rings. The lowest BCUT2D eigenvalue weighted by atomic mass is 10.3. The van der Waals surface area contributed by atoms with E-state index in [2.05, 4.69) is 0 Å². The van der Waals surface area contributed by atoms with E-state index in [1.807, 2.05) is 20.8 Å². The van der Waals surface area contributed by atoms with E-state index in [1.165, 1.54) is 14.2 Å². The highest BCUT2D eigenvalue weighted by Crippen LogP contribution is 2.27. The Labute approximate surface area is 145 Å². The Hall–Kier alpha value is -0.103. The molecule has 1 heterocycles. The second-order valence-electron chi connectivity index (χ2n) is 5.45. The fraction of sp³-hybridized carbons (Fsp3) is 1.00. The van der Waals surface area contributed by atoms with Gasteiger partial charge in [-0.3, -0.25) is 4.74 Å². The molecule has 1 aliphatic heterocycles. The monoisotopic (exact) mass is 368 g/mol. The second-order valence-corrected chi connectivity index (χ2v) is 7.61. The number of hydrogen-bond donors (Lipinski definition) is 1. The standard InChI is InChI=1S/C15H32O8Si/c1-6-13(12-21-24(16,17-4)18-5)22-14(7-2)23-15(8-3)19-10-9-11-20-15/h13-14,16H,6-12H2,1-5H3. The van der Waals surface area contributed by atoms with E-state index in [1.54, 1.807) is 0 Å². The van der Waals surface area contributed by atoms with Gasteiger partial charge in [0, 0.05) is 20.6 Å². The van der Waals surface area contributed by atoms with Crippen molar-refractivity contribution in [1.29, 1.82) is 0 Å². The minimum absolute atomic E-state index is 0.140. The SMILES string of the molecule is CCC(CO[Si](O)(OC)OC)OC(CC)OC1(CC)OCCCO1. The quantitative estimate of drug-likeness (QED) is 0.412. The van der Waals surface area contributed by atoms with E-state index in [9.17, 15) is 4.80 Å². The van der Waals surface area contributed by atoms with E-state index in [-0.39, 0.29) is 12.7 Å². The number of ether oxygens (including phenoxy) is 4. The van der Waals surface area contributed by atoms with Gasteiger partial charge in [-0.25, -0.2) is 0 Å². The van der Waals surface area contributed by atoms with Crippen molar-refractivity contribution in [3.63, 3.8) is 0 Å². The molecule has 0 saturated carbocycles. The summed E-state index contributed by atoms with van der Waals surface area (Å²) < 4.78 is 38.4. The molecule has 1 saturated heterocycles. The lowest BCUT2D eigenvalue weighted by Gasteiger charge is -2.38. The molecule has 0 aliphatic carbocycles. The van der Waals surface area contributed by atoms with E-state index in [0.29, 0.717) is 32.5 Å². The van der Waals surface area contributed by atoms with Crippen LogP contribution in [0.5, 0.6) is 0 Å². The van der Waals surface area contributed by atoms with Crippen molar-refractivity contribution >= 4 is 9.05 Å². The van der Waals surface area contributed by atoms with E-state index in [4.69, 9.17) is 32.2 Å². The van der Waals surface area contributed by atoms with E-state index < -0.39 is 21.3 Å². The van der Waals surface area contributed by atoms with Gasteiger partial charge in [0.15, 0.2) is 6.29 Å². The smallest absolute Gasteiger partial charge is 0.367 e. The van der Waals surface area contributed by atoms with E-state index >= 15 is 0 Å². The van der Waals surface area contributed by atoms with Crippen LogP contribution in [0.25, 0.3) is 0 Å². The molecule has 2 atom stereocenters. The Kier molecular flexibility index (Phi) is 9.86. The van der Waals surface area contributed by atoms with Crippen molar-refractivity contribution in [3.8, 4) is 0 Å². The Bertz CT molecular complexity index is 333. The highest BCUT2D eigenvalue weighted by Gasteiger charge is 2.40. The normalized spacial score (nSPS) is 20.8. The Morgan fingerprint density at radius 3 is 2.17 bits per heavy atom.